The van der Waals surface area contributed by atoms with Crippen molar-refractivity contribution >= 4 is 11.8 Å². The summed E-state index contributed by atoms with van der Waals surface area (Å²) in [6.45, 7) is 8.88. The van der Waals surface area contributed by atoms with Crippen LogP contribution in [0, 0.1) is 0 Å². The standard InChI is InChI=1S/C16H24N8O2/c1-4-24-14(9-13(18-24)12(2)3)16(26)22-7-5-21(6-8-22)15(25)10-23-11-17-19-20-23/h9,11-12H,4-8,10H2,1-3H3. The second-order valence-corrected chi connectivity index (χ2v) is 6.61. The average molecular weight is 360 g/mol. The van der Waals surface area contributed by atoms with E-state index in [1.807, 2.05) is 13.0 Å². The number of aryl methyl sites for hydroxylation is 1. The van der Waals surface area contributed by atoms with Gasteiger partial charge in [-0.2, -0.15) is 5.10 Å². The van der Waals surface area contributed by atoms with Crippen LogP contribution in [-0.4, -0.2) is 77.8 Å². The van der Waals surface area contributed by atoms with E-state index >= 15 is 0 Å². The molecule has 2 amide bonds. The molecule has 26 heavy (non-hydrogen) atoms. The van der Waals surface area contributed by atoms with Crippen LogP contribution in [0.15, 0.2) is 12.4 Å². The smallest absolute Gasteiger partial charge is 0.272 e. The molecule has 3 rings (SSSR count). The van der Waals surface area contributed by atoms with Crippen molar-refractivity contribution in [1.29, 1.82) is 0 Å². The molecule has 1 fully saturated rings. The highest BCUT2D eigenvalue weighted by Gasteiger charge is 2.27. The lowest BCUT2D eigenvalue weighted by Gasteiger charge is -2.34. The highest BCUT2D eigenvalue weighted by Crippen LogP contribution is 2.17. The summed E-state index contributed by atoms with van der Waals surface area (Å²) in [5.74, 6) is 0.194. The molecular weight excluding hydrogens is 336 g/mol. The van der Waals surface area contributed by atoms with Crippen molar-refractivity contribution < 1.29 is 9.59 Å². The summed E-state index contributed by atoms with van der Waals surface area (Å²) in [6, 6.07) is 1.88. The minimum Gasteiger partial charge on any atom is -0.338 e. The van der Waals surface area contributed by atoms with Crippen LogP contribution in [0.4, 0.5) is 0 Å². The molecule has 0 spiro atoms. The number of piperazine rings is 1. The Bertz CT molecular complexity index is 759. The number of hydrogen-bond donors (Lipinski definition) is 0. The summed E-state index contributed by atoms with van der Waals surface area (Å²) >= 11 is 0. The molecule has 1 aliphatic rings. The average Bonchev–Trinajstić information content (AvgIpc) is 3.30. The Hall–Kier alpha value is -2.78. The summed E-state index contributed by atoms with van der Waals surface area (Å²) in [5.41, 5.74) is 1.54. The van der Waals surface area contributed by atoms with Crippen molar-refractivity contribution in [2.45, 2.75) is 39.8 Å². The van der Waals surface area contributed by atoms with Gasteiger partial charge in [-0.05, 0) is 29.3 Å². The quantitative estimate of drug-likeness (QED) is 0.744. The SMILES string of the molecule is CCn1nc(C(C)C)cc1C(=O)N1CCN(C(=O)Cn2cnnn2)CC1. The van der Waals surface area contributed by atoms with Crippen LogP contribution in [0.5, 0.6) is 0 Å². The molecule has 0 radical (unpaired) electrons. The van der Waals surface area contributed by atoms with E-state index in [1.54, 1.807) is 14.5 Å². The molecule has 10 nitrogen and oxygen atoms in total. The van der Waals surface area contributed by atoms with Crippen LogP contribution >= 0.6 is 0 Å². The number of rotatable bonds is 5. The van der Waals surface area contributed by atoms with E-state index in [1.165, 1.54) is 11.0 Å². The van der Waals surface area contributed by atoms with E-state index in [2.05, 4.69) is 34.5 Å². The Kier molecular flexibility index (Phi) is 5.29. The zero-order chi connectivity index (χ0) is 18.7. The number of aromatic nitrogens is 6. The molecule has 0 aromatic carbocycles. The Morgan fingerprint density at radius 3 is 2.42 bits per heavy atom. The van der Waals surface area contributed by atoms with Gasteiger partial charge in [-0.15, -0.1) is 5.10 Å². The van der Waals surface area contributed by atoms with Gasteiger partial charge in [0.15, 0.2) is 0 Å². The van der Waals surface area contributed by atoms with Gasteiger partial charge >= 0.3 is 0 Å². The first-order valence-corrected chi connectivity index (χ1v) is 8.85. The van der Waals surface area contributed by atoms with Crippen LogP contribution in [0.1, 0.15) is 42.9 Å². The normalized spacial score (nSPS) is 14.9. The van der Waals surface area contributed by atoms with E-state index in [4.69, 9.17) is 0 Å². The summed E-state index contributed by atoms with van der Waals surface area (Å²) < 4.78 is 3.15. The second kappa shape index (κ2) is 7.63. The lowest BCUT2D eigenvalue weighted by molar-refractivity contribution is -0.133. The third-order valence-corrected chi connectivity index (χ3v) is 4.52. The predicted octanol–water partition coefficient (Wildman–Crippen LogP) is -0.00250. The van der Waals surface area contributed by atoms with Gasteiger partial charge in [0.2, 0.25) is 5.91 Å². The van der Waals surface area contributed by atoms with Gasteiger partial charge in [0, 0.05) is 32.7 Å². The third kappa shape index (κ3) is 3.73. The van der Waals surface area contributed by atoms with E-state index < -0.39 is 0 Å². The van der Waals surface area contributed by atoms with Gasteiger partial charge in [-0.3, -0.25) is 14.3 Å². The number of hydrogen-bond acceptors (Lipinski definition) is 6. The van der Waals surface area contributed by atoms with Gasteiger partial charge in [-0.1, -0.05) is 13.8 Å². The van der Waals surface area contributed by atoms with E-state index in [0.29, 0.717) is 38.4 Å². The highest BCUT2D eigenvalue weighted by molar-refractivity contribution is 5.93. The van der Waals surface area contributed by atoms with Gasteiger partial charge in [-0.25, -0.2) is 4.68 Å². The molecule has 0 aliphatic carbocycles. The maximum atomic E-state index is 12.9. The zero-order valence-electron chi connectivity index (χ0n) is 15.4. The molecule has 10 heteroatoms. The van der Waals surface area contributed by atoms with E-state index in [0.717, 1.165) is 5.69 Å². The highest BCUT2D eigenvalue weighted by atomic mass is 16.2. The monoisotopic (exact) mass is 360 g/mol. The first-order valence-electron chi connectivity index (χ1n) is 8.85. The number of carbonyl (C=O) groups is 2. The van der Waals surface area contributed by atoms with Crippen molar-refractivity contribution in [1.82, 2.24) is 39.8 Å². The minimum absolute atomic E-state index is 0.0289. The first kappa shape index (κ1) is 18.0. The van der Waals surface area contributed by atoms with E-state index in [9.17, 15) is 9.59 Å². The van der Waals surface area contributed by atoms with Crippen molar-refractivity contribution in [2.75, 3.05) is 26.2 Å². The van der Waals surface area contributed by atoms with E-state index in [-0.39, 0.29) is 24.3 Å². The Labute approximate surface area is 151 Å². The third-order valence-electron chi connectivity index (χ3n) is 4.52. The molecule has 1 aliphatic heterocycles. The Balaban J connectivity index is 1.61. The molecule has 0 bridgehead atoms. The molecule has 2 aromatic rings. The molecule has 0 atom stereocenters. The lowest BCUT2D eigenvalue weighted by Crippen LogP contribution is -2.51. The minimum atomic E-state index is -0.0508. The Morgan fingerprint density at radius 2 is 1.85 bits per heavy atom. The molecular formula is C16H24N8O2. The molecule has 0 saturated carbocycles. The second-order valence-electron chi connectivity index (χ2n) is 6.61. The first-order chi connectivity index (χ1) is 12.5. The number of carbonyl (C=O) groups excluding carboxylic acids is 2. The summed E-state index contributed by atoms with van der Waals surface area (Å²) in [5, 5.41) is 15.3. The maximum Gasteiger partial charge on any atom is 0.272 e. The zero-order valence-corrected chi connectivity index (χ0v) is 15.4. The van der Waals surface area contributed by atoms with Crippen molar-refractivity contribution in [3.63, 3.8) is 0 Å². The Morgan fingerprint density at radius 1 is 1.15 bits per heavy atom. The molecule has 0 N–H and O–H groups in total. The fourth-order valence-corrected chi connectivity index (χ4v) is 2.94. The maximum absolute atomic E-state index is 12.9. The van der Waals surface area contributed by atoms with Crippen LogP contribution in [0.2, 0.25) is 0 Å². The topological polar surface area (TPSA) is 102 Å². The van der Waals surface area contributed by atoms with Crippen LogP contribution in [-0.2, 0) is 17.9 Å². The fourth-order valence-electron chi connectivity index (χ4n) is 2.94. The van der Waals surface area contributed by atoms with Crippen LogP contribution < -0.4 is 0 Å². The predicted molar refractivity (Wildman–Crippen MR) is 92.3 cm³/mol. The molecule has 0 unspecified atom stereocenters. The number of tetrazole rings is 1. The summed E-state index contributed by atoms with van der Waals surface area (Å²) in [7, 11) is 0. The fraction of sp³-hybridized carbons (Fsp3) is 0.625. The van der Waals surface area contributed by atoms with Crippen LogP contribution in [0.25, 0.3) is 0 Å². The number of nitrogens with zero attached hydrogens (tertiary/aromatic N) is 8. The van der Waals surface area contributed by atoms with Gasteiger partial charge < -0.3 is 9.80 Å². The van der Waals surface area contributed by atoms with Crippen molar-refractivity contribution in [3.8, 4) is 0 Å². The molecule has 140 valence electrons. The summed E-state index contributed by atoms with van der Waals surface area (Å²) in [4.78, 5) is 28.7. The van der Waals surface area contributed by atoms with Crippen molar-refractivity contribution in [2.24, 2.45) is 0 Å². The molecule has 3 heterocycles. The van der Waals surface area contributed by atoms with Crippen LogP contribution in [0.3, 0.4) is 0 Å². The van der Waals surface area contributed by atoms with Crippen molar-refractivity contribution in [3.05, 3.63) is 23.8 Å². The van der Waals surface area contributed by atoms with Gasteiger partial charge in [0.25, 0.3) is 5.91 Å². The summed E-state index contributed by atoms with van der Waals surface area (Å²) in [6.07, 6.45) is 1.41. The molecule has 1 saturated heterocycles. The largest absolute Gasteiger partial charge is 0.338 e. The van der Waals surface area contributed by atoms with Gasteiger partial charge in [0.05, 0.1) is 5.69 Å². The lowest BCUT2D eigenvalue weighted by atomic mass is 10.1. The molecule has 2 aromatic heterocycles. The number of amides is 2. The van der Waals surface area contributed by atoms with Gasteiger partial charge in [0.1, 0.15) is 18.6 Å².